The Morgan fingerprint density at radius 3 is 2.78 bits per heavy atom. The van der Waals surface area contributed by atoms with E-state index in [-0.39, 0.29) is 29.4 Å². The van der Waals surface area contributed by atoms with Crippen molar-refractivity contribution in [2.45, 2.75) is 6.61 Å². The van der Waals surface area contributed by atoms with Gasteiger partial charge in [-0.3, -0.25) is 14.9 Å². The highest BCUT2D eigenvalue weighted by Crippen LogP contribution is 2.27. The number of nitro groups is 1. The van der Waals surface area contributed by atoms with Gasteiger partial charge in [0.1, 0.15) is 12.4 Å². The van der Waals surface area contributed by atoms with Crippen LogP contribution in [0.2, 0.25) is 5.02 Å². The van der Waals surface area contributed by atoms with E-state index < -0.39 is 16.5 Å². The standard InChI is InChI=1S/C17H12ClN3O6/c1-26-14-5-2-9(6-13(14)21(24)25)17(23)27-8-15-19-12-7-10(18)3-4-11(12)16(22)20-15/h2-7H,8H2,1H3,(H,19,20,22). The molecule has 0 spiro atoms. The summed E-state index contributed by atoms with van der Waals surface area (Å²) in [4.78, 5) is 41.3. The number of aromatic amines is 1. The van der Waals surface area contributed by atoms with Crippen LogP contribution in [-0.4, -0.2) is 28.0 Å². The summed E-state index contributed by atoms with van der Waals surface area (Å²) in [5.41, 5.74) is -0.437. The SMILES string of the molecule is COc1ccc(C(=O)OCc2nc3cc(Cl)ccc3c(=O)[nH]2)cc1[N+](=O)[O-]. The number of esters is 1. The van der Waals surface area contributed by atoms with Crippen molar-refractivity contribution in [3.8, 4) is 5.75 Å². The Morgan fingerprint density at radius 1 is 1.30 bits per heavy atom. The summed E-state index contributed by atoms with van der Waals surface area (Å²) < 4.78 is 9.97. The Morgan fingerprint density at radius 2 is 2.07 bits per heavy atom. The summed E-state index contributed by atoms with van der Waals surface area (Å²) in [7, 11) is 1.29. The molecule has 0 radical (unpaired) electrons. The fourth-order valence-corrected chi connectivity index (χ4v) is 2.57. The Bertz CT molecular complexity index is 1110. The number of methoxy groups -OCH3 is 1. The molecule has 1 N–H and O–H groups in total. The summed E-state index contributed by atoms with van der Waals surface area (Å²) in [6.45, 7) is -0.323. The summed E-state index contributed by atoms with van der Waals surface area (Å²) in [6, 6.07) is 8.31. The van der Waals surface area contributed by atoms with Crippen LogP contribution < -0.4 is 10.3 Å². The number of H-pyrrole nitrogens is 1. The molecule has 0 bridgehead atoms. The molecule has 9 nitrogen and oxygen atoms in total. The zero-order chi connectivity index (χ0) is 19.6. The van der Waals surface area contributed by atoms with E-state index in [1.807, 2.05) is 0 Å². The van der Waals surface area contributed by atoms with Crippen molar-refractivity contribution in [2.75, 3.05) is 7.11 Å². The number of nitrogens with zero attached hydrogens (tertiary/aromatic N) is 2. The number of hydrogen-bond acceptors (Lipinski definition) is 7. The third-order valence-electron chi connectivity index (χ3n) is 3.67. The smallest absolute Gasteiger partial charge is 0.338 e. The fourth-order valence-electron chi connectivity index (χ4n) is 2.41. The van der Waals surface area contributed by atoms with Gasteiger partial charge in [0, 0.05) is 11.1 Å². The first-order valence-electron chi connectivity index (χ1n) is 7.57. The number of halogens is 1. The van der Waals surface area contributed by atoms with Crippen LogP contribution in [0.25, 0.3) is 10.9 Å². The highest BCUT2D eigenvalue weighted by atomic mass is 35.5. The summed E-state index contributed by atoms with van der Waals surface area (Å²) in [5.74, 6) is -0.672. The number of nitro benzene ring substituents is 1. The number of hydrogen-bond donors (Lipinski definition) is 1. The Hall–Kier alpha value is -3.46. The van der Waals surface area contributed by atoms with Crippen LogP contribution in [0.3, 0.4) is 0 Å². The molecule has 0 atom stereocenters. The van der Waals surface area contributed by atoms with E-state index >= 15 is 0 Å². The zero-order valence-electron chi connectivity index (χ0n) is 13.9. The van der Waals surface area contributed by atoms with Gasteiger partial charge in [-0.15, -0.1) is 0 Å². The van der Waals surface area contributed by atoms with E-state index in [2.05, 4.69) is 9.97 Å². The summed E-state index contributed by atoms with van der Waals surface area (Å²) in [5, 5.41) is 11.8. The van der Waals surface area contributed by atoms with E-state index in [1.165, 1.54) is 31.4 Å². The van der Waals surface area contributed by atoms with E-state index in [4.69, 9.17) is 21.1 Å². The lowest BCUT2D eigenvalue weighted by Gasteiger charge is -2.07. The molecule has 0 saturated carbocycles. The molecule has 1 aromatic heterocycles. The van der Waals surface area contributed by atoms with Gasteiger partial charge in [-0.25, -0.2) is 9.78 Å². The van der Waals surface area contributed by atoms with Crippen LogP contribution >= 0.6 is 11.6 Å². The second kappa shape index (κ2) is 7.42. The van der Waals surface area contributed by atoms with Gasteiger partial charge < -0.3 is 14.5 Å². The van der Waals surface area contributed by atoms with Gasteiger partial charge in [-0.05, 0) is 30.3 Å². The number of ether oxygens (including phenoxy) is 2. The second-order valence-electron chi connectivity index (χ2n) is 5.39. The average molecular weight is 390 g/mol. The number of aromatic nitrogens is 2. The van der Waals surface area contributed by atoms with Crippen molar-refractivity contribution in [2.24, 2.45) is 0 Å². The quantitative estimate of drug-likeness (QED) is 0.404. The molecule has 3 aromatic rings. The van der Waals surface area contributed by atoms with Crippen LogP contribution in [0.1, 0.15) is 16.2 Å². The number of benzene rings is 2. The largest absolute Gasteiger partial charge is 0.490 e. The molecule has 0 aliphatic carbocycles. The number of fused-ring (bicyclic) bond motifs is 1. The molecule has 0 unspecified atom stereocenters. The number of rotatable bonds is 5. The predicted octanol–water partition coefficient (Wildman–Crippen LogP) is 2.85. The van der Waals surface area contributed by atoms with Crippen molar-refractivity contribution >= 4 is 34.2 Å². The van der Waals surface area contributed by atoms with Crippen molar-refractivity contribution < 1.29 is 19.2 Å². The lowest BCUT2D eigenvalue weighted by Crippen LogP contribution is -2.14. The predicted molar refractivity (Wildman–Crippen MR) is 96.1 cm³/mol. The van der Waals surface area contributed by atoms with Crippen molar-refractivity contribution in [1.82, 2.24) is 9.97 Å². The molecular formula is C17H12ClN3O6. The molecule has 138 valence electrons. The maximum Gasteiger partial charge on any atom is 0.338 e. The number of nitrogens with one attached hydrogen (secondary N) is 1. The van der Waals surface area contributed by atoms with Crippen LogP contribution in [0, 0.1) is 10.1 Å². The molecule has 3 rings (SSSR count). The average Bonchev–Trinajstić information content (AvgIpc) is 2.65. The normalized spacial score (nSPS) is 10.6. The molecule has 1 heterocycles. The van der Waals surface area contributed by atoms with Gasteiger partial charge >= 0.3 is 11.7 Å². The molecule has 0 aliphatic heterocycles. The molecule has 10 heteroatoms. The molecule has 0 aliphatic rings. The van der Waals surface area contributed by atoms with Gasteiger partial charge in [0.05, 0.1) is 28.5 Å². The van der Waals surface area contributed by atoms with Crippen molar-refractivity contribution in [3.05, 3.63) is 73.3 Å². The highest BCUT2D eigenvalue weighted by molar-refractivity contribution is 6.31. The number of carbonyl (C=O) groups is 1. The first kappa shape index (κ1) is 18.3. The van der Waals surface area contributed by atoms with Crippen LogP contribution in [0.5, 0.6) is 5.75 Å². The van der Waals surface area contributed by atoms with E-state index in [9.17, 15) is 19.7 Å². The maximum atomic E-state index is 12.2. The summed E-state index contributed by atoms with van der Waals surface area (Å²) >= 11 is 5.89. The van der Waals surface area contributed by atoms with Gasteiger partial charge in [0.15, 0.2) is 5.75 Å². The second-order valence-corrected chi connectivity index (χ2v) is 5.83. The molecular weight excluding hydrogens is 378 g/mol. The fraction of sp³-hybridized carbons (Fsp3) is 0.118. The highest BCUT2D eigenvalue weighted by Gasteiger charge is 2.19. The van der Waals surface area contributed by atoms with Crippen molar-refractivity contribution in [1.29, 1.82) is 0 Å². The van der Waals surface area contributed by atoms with Crippen LogP contribution in [0.4, 0.5) is 5.69 Å². The van der Waals surface area contributed by atoms with Gasteiger partial charge in [0.2, 0.25) is 0 Å². The minimum Gasteiger partial charge on any atom is -0.490 e. The Kier molecular flexibility index (Phi) is 5.04. The van der Waals surface area contributed by atoms with Gasteiger partial charge in [0.25, 0.3) is 5.56 Å². The minimum absolute atomic E-state index is 0.0222. The molecule has 0 fully saturated rings. The lowest BCUT2D eigenvalue weighted by atomic mass is 10.2. The van der Waals surface area contributed by atoms with Gasteiger partial charge in [-0.1, -0.05) is 11.6 Å². The zero-order valence-corrected chi connectivity index (χ0v) is 14.6. The van der Waals surface area contributed by atoms with E-state index in [1.54, 1.807) is 6.07 Å². The third-order valence-corrected chi connectivity index (χ3v) is 3.90. The van der Waals surface area contributed by atoms with E-state index in [0.29, 0.717) is 15.9 Å². The Balaban J connectivity index is 1.82. The van der Waals surface area contributed by atoms with E-state index in [0.717, 1.165) is 6.07 Å². The molecule has 2 aromatic carbocycles. The third kappa shape index (κ3) is 3.87. The van der Waals surface area contributed by atoms with Gasteiger partial charge in [-0.2, -0.15) is 0 Å². The molecule has 0 saturated heterocycles. The minimum atomic E-state index is -0.811. The first-order valence-corrected chi connectivity index (χ1v) is 7.95. The number of carbonyl (C=O) groups excluding carboxylic acids is 1. The van der Waals surface area contributed by atoms with Crippen LogP contribution in [-0.2, 0) is 11.3 Å². The first-order chi connectivity index (χ1) is 12.9. The molecule has 0 amide bonds. The van der Waals surface area contributed by atoms with Crippen molar-refractivity contribution in [3.63, 3.8) is 0 Å². The Labute approximate surface area is 156 Å². The lowest BCUT2D eigenvalue weighted by molar-refractivity contribution is -0.385. The monoisotopic (exact) mass is 389 g/mol. The topological polar surface area (TPSA) is 124 Å². The van der Waals surface area contributed by atoms with Crippen LogP contribution in [0.15, 0.2) is 41.2 Å². The molecule has 27 heavy (non-hydrogen) atoms. The maximum absolute atomic E-state index is 12.2. The summed E-state index contributed by atoms with van der Waals surface area (Å²) in [6.07, 6.45) is 0.